The minimum absolute atomic E-state index is 0.375. The van der Waals surface area contributed by atoms with E-state index in [1.54, 1.807) is 0 Å². The van der Waals surface area contributed by atoms with Gasteiger partial charge in [-0.05, 0) is 55.0 Å². The van der Waals surface area contributed by atoms with Gasteiger partial charge in [-0.25, -0.2) is 0 Å². The fraction of sp³-hybridized carbons (Fsp3) is 0.538. The van der Waals surface area contributed by atoms with Crippen LogP contribution in [0.5, 0.6) is 11.5 Å². The molecule has 0 amide bonds. The third kappa shape index (κ3) is 1.12. The molecule has 1 aromatic carbocycles. The molecule has 0 saturated carbocycles. The molecule has 1 aliphatic carbocycles. The van der Waals surface area contributed by atoms with Gasteiger partial charge in [0, 0.05) is 6.04 Å². The zero-order valence-electron chi connectivity index (χ0n) is 9.16. The standard InChI is InChI=1S/C13H15NO2/c1-2-8-4-9-5-11-12(16-7-15-11)6-10(9)13(8)14-3-1/h5-6,8,13-14H,1-4,7H2/t8-,13+/m1/s1. The third-order valence-corrected chi connectivity index (χ3v) is 4.04. The van der Waals surface area contributed by atoms with Crippen molar-refractivity contribution < 1.29 is 9.47 Å². The summed E-state index contributed by atoms with van der Waals surface area (Å²) in [6, 6.07) is 4.91. The molecular formula is C13H15NO2. The Balaban J connectivity index is 1.80. The van der Waals surface area contributed by atoms with E-state index in [1.165, 1.54) is 30.4 Å². The molecule has 1 fully saturated rings. The SMILES string of the molecule is c1c2c(cc3c1OCO3)[C@H]1NCCC[C@@H]1C2. The molecule has 3 heteroatoms. The summed E-state index contributed by atoms with van der Waals surface area (Å²) in [5.74, 6) is 2.63. The van der Waals surface area contributed by atoms with Crippen LogP contribution in [0.3, 0.4) is 0 Å². The van der Waals surface area contributed by atoms with Gasteiger partial charge in [-0.15, -0.1) is 0 Å². The number of piperidine rings is 1. The van der Waals surface area contributed by atoms with Crippen LogP contribution < -0.4 is 14.8 Å². The minimum atomic E-state index is 0.375. The van der Waals surface area contributed by atoms with E-state index < -0.39 is 0 Å². The fourth-order valence-electron chi connectivity index (χ4n) is 3.29. The van der Waals surface area contributed by atoms with Gasteiger partial charge in [-0.1, -0.05) is 0 Å². The smallest absolute Gasteiger partial charge is 0.231 e. The van der Waals surface area contributed by atoms with E-state index in [4.69, 9.17) is 9.47 Å². The zero-order valence-corrected chi connectivity index (χ0v) is 9.16. The highest BCUT2D eigenvalue weighted by Crippen LogP contribution is 2.46. The maximum absolute atomic E-state index is 5.45. The Morgan fingerprint density at radius 2 is 2.06 bits per heavy atom. The lowest BCUT2D eigenvalue weighted by Gasteiger charge is -2.27. The summed E-state index contributed by atoms with van der Waals surface area (Å²) in [6.45, 7) is 1.52. The molecule has 0 unspecified atom stereocenters. The first-order chi connectivity index (χ1) is 7.92. The van der Waals surface area contributed by atoms with Crippen LogP contribution in [-0.2, 0) is 6.42 Å². The third-order valence-electron chi connectivity index (χ3n) is 4.04. The van der Waals surface area contributed by atoms with E-state index >= 15 is 0 Å². The van der Waals surface area contributed by atoms with Gasteiger partial charge in [-0.2, -0.15) is 0 Å². The van der Waals surface area contributed by atoms with Crippen molar-refractivity contribution in [2.45, 2.75) is 25.3 Å². The van der Waals surface area contributed by atoms with Gasteiger partial charge in [0.25, 0.3) is 0 Å². The Morgan fingerprint density at radius 3 is 3.00 bits per heavy atom. The van der Waals surface area contributed by atoms with Crippen molar-refractivity contribution in [2.75, 3.05) is 13.3 Å². The average molecular weight is 217 g/mol. The maximum atomic E-state index is 5.45. The van der Waals surface area contributed by atoms with E-state index in [-0.39, 0.29) is 0 Å². The summed E-state index contributed by atoms with van der Waals surface area (Å²) in [5.41, 5.74) is 2.89. The average Bonchev–Trinajstić information content (AvgIpc) is 2.88. The van der Waals surface area contributed by atoms with Gasteiger partial charge >= 0.3 is 0 Å². The monoisotopic (exact) mass is 217 g/mol. The molecule has 4 rings (SSSR count). The molecule has 2 heterocycles. The van der Waals surface area contributed by atoms with Crippen LogP contribution in [0.15, 0.2) is 12.1 Å². The van der Waals surface area contributed by atoms with E-state index in [1.807, 2.05) is 0 Å². The van der Waals surface area contributed by atoms with Crippen molar-refractivity contribution in [1.29, 1.82) is 0 Å². The molecule has 16 heavy (non-hydrogen) atoms. The number of hydrogen-bond acceptors (Lipinski definition) is 3. The highest BCUT2D eigenvalue weighted by Gasteiger charge is 2.35. The summed E-state index contributed by atoms with van der Waals surface area (Å²) in [5, 5.41) is 3.63. The number of rotatable bonds is 0. The molecule has 3 aliphatic rings. The lowest BCUT2D eigenvalue weighted by atomic mass is 9.92. The zero-order chi connectivity index (χ0) is 10.5. The molecule has 2 atom stereocenters. The van der Waals surface area contributed by atoms with E-state index in [9.17, 15) is 0 Å². The largest absolute Gasteiger partial charge is 0.454 e. The summed E-state index contributed by atoms with van der Waals surface area (Å²) in [4.78, 5) is 0. The van der Waals surface area contributed by atoms with Crippen molar-refractivity contribution in [1.82, 2.24) is 5.32 Å². The molecule has 0 aromatic heterocycles. The van der Waals surface area contributed by atoms with Crippen molar-refractivity contribution in [3.63, 3.8) is 0 Å². The predicted molar refractivity (Wildman–Crippen MR) is 59.7 cm³/mol. The lowest BCUT2D eigenvalue weighted by Crippen LogP contribution is -2.31. The molecular weight excluding hydrogens is 202 g/mol. The number of nitrogens with one attached hydrogen (secondary N) is 1. The summed E-state index contributed by atoms with van der Waals surface area (Å²) >= 11 is 0. The molecule has 1 aromatic rings. The van der Waals surface area contributed by atoms with Crippen LogP contribution in [-0.4, -0.2) is 13.3 Å². The molecule has 1 saturated heterocycles. The highest BCUT2D eigenvalue weighted by atomic mass is 16.7. The van der Waals surface area contributed by atoms with Crippen LogP contribution in [0.2, 0.25) is 0 Å². The molecule has 1 N–H and O–H groups in total. The highest BCUT2D eigenvalue weighted by molar-refractivity contribution is 5.52. The molecule has 84 valence electrons. The van der Waals surface area contributed by atoms with E-state index in [0.717, 1.165) is 24.0 Å². The Labute approximate surface area is 94.7 Å². The maximum Gasteiger partial charge on any atom is 0.231 e. The number of hydrogen-bond donors (Lipinski definition) is 1. The van der Waals surface area contributed by atoms with Gasteiger partial charge in [0.15, 0.2) is 11.5 Å². The second-order valence-corrected chi connectivity index (χ2v) is 4.94. The predicted octanol–water partition coefficient (Wildman–Crippen LogP) is 2.01. The van der Waals surface area contributed by atoms with Crippen LogP contribution in [0, 0.1) is 5.92 Å². The van der Waals surface area contributed by atoms with Gasteiger partial charge in [-0.3, -0.25) is 0 Å². The van der Waals surface area contributed by atoms with Gasteiger partial charge in [0.1, 0.15) is 0 Å². The molecule has 0 spiro atoms. The Kier molecular flexibility index (Phi) is 1.74. The topological polar surface area (TPSA) is 30.5 Å². The van der Waals surface area contributed by atoms with Gasteiger partial charge in [0.05, 0.1) is 0 Å². The van der Waals surface area contributed by atoms with Crippen LogP contribution in [0.1, 0.15) is 30.0 Å². The second kappa shape index (κ2) is 3.14. The number of ether oxygens (including phenoxy) is 2. The summed E-state index contributed by atoms with van der Waals surface area (Å²) in [6.07, 6.45) is 3.85. The minimum Gasteiger partial charge on any atom is -0.454 e. The Bertz CT molecular complexity index is 444. The number of fused-ring (bicyclic) bond motifs is 4. The first kappa shape index (κ1) is 8.88. The lowest BCUT2D eigenvalue weighted by molar-refractivity contribution is 0.173. The van der Waals surface area contributed by atoms with Crippen LogP contribution in [0.25, 0.3) is 0 Å². The van der Waals surface area contributed by atoms with Crippen LogP contribution in [0.4, 0.5) is 0 Å². The second-order valence-electron chi connectivity index (χ2n) is 4.94. The van der Waals surface area contributed by atoms with E-state index in [2.05, 4.69) is 17.4 Å². The molecule has 0 bridgehead atoms. The van der Waals surface area contributed by atoms with Crippen molar-refractivity contribution in [2.24, 2.45) is 5.92 Å². The quantitative estimate of drug-likeness (QED) is 0.721. The number of benzene rings is 1. The Morgan fingerprint density at radius 1 is 1.19 bits per heavy atom. The van der Waals surface area contributed by atoms with Crippen LogP contribution >= 0.6 is 0 Å². The first-order valence-corrected chi connectivity index (χ1v) is 6.07. The first-order valence-electron chi connectivity index (χ1n) is 6.07. The molecule has 2 aliphatic heterocycles. The van der Waals surface area contributed by atoms with Gasteiger partial charge < -0.3 is 14.8 Å². The van der Waals surface area contributed by atoms with Crippen molar-refractivity contribution in [3.8, 4) is 11.5 Å². The molecule has 3 nitrogen and oxygen atoms in total. The molecule has 0 radical (unpaired) electrons. The fourth-order valence-corrected chi connectivity index (χ4v) is 3.29. The van der Waals surface area contributed by atoms with E-state index in [0.29, 0.717) is 12.8 Å². The van der Waals surface area contributed by atoms with Gasteiger partial charge in [0.2, 0.25) is 6.79 Å². The van der Waals surface area contributed by atoms with Crippen molar-refractivity contribution in [3.05, 3.63) is 23.3 Å². The summed E-state index contributed by atoms with van der Waals surface area (Å²) in [7, 11) is 0. The van der Waals surface area contributed by atoms with Crippen molar-refractivity contribution >= 4 is 0 Å². The summed E-state index contributed by atoms with van der Waals surface area (Å²) < 4.78 is 10.9. The normalized spacial score (nSPS) is 30.0. The Hall–Kier alpha value is -1.22.